The number of rotatable bonds is 4. The standard InChI is InChI=1S/C18H15ClF3N3O/c1-2-16-24-14-5-3-4-6-15(14)25(16)10-17(26)23-11-7-8-13(19)12(9-11)18(20,21)22/h3-9H,2,10H2,1H3,(H,23,26). The van der Waals surface area contributed by atoms with Gasteiger partial charge in [0.25, 0.3) is 0 Å². The van der Waals surface area contributed by atoms with Gasteiger partial charge >= 0.3 is 6.18 Å². The van der Waals surface area contributed by atoms with Gasteiger partial charge in [-0.2, -0.15) is 13.2 Å². The van der Waals surface area contributed by atoms with Crippen molar-refractivity contribution in [2.24, 2.45) is 0 Å². The summed E-state index contributed by atoms with van der Waals surface area (Å²) in [5.74, 6) is 0.284. The summed E-state index contributed by atoms with van der Waals surface area (Å²) in [4.78, 5) is 16.8. The monoisotopic (exact) mass is 381 g/mol. The van der Waals surface area contributed by atoms with Gasteiger partial charge in [0, 0.05) is 12.1 Å². The summed E-state index contributed by atoms with van der Waals surface area (Å²) < 4.78 is 40.6. The third-order valence-electron chi connectivity index (χ3n) is 3.91. The Balaban J connectivity index is 1.84. The van der Waals surface area contributed by atoms with Crippen molar-refractivity contribution in [3.05, 3.63) is 58.9 Å². The molecule has 0 spiro atoms. The molecule has 0 aliphatic carbocycles. The zero-order chi connectivity index (χ0) is 18.9. The summed E-state index contributed by atoms with van der Waals surface area (Å²) in [6.07, 6.45) is -3.96. The van der Waals surface area contributed by atoms with Crippen LogP contribution in [0.2, 0.25) is 5.02 Å². The first-order valence-corrected chi connectivity index (χ1v) is 8.28. The van der Waals surface area contributed by atoms with Crippen LogP contribution in [0.1, 0.15) is 18.3 Å². The van der Waals surface area contributed by atoms with E-state index in [-0.39, 0.29) is 12.2 Å². The number of nitrogens with zero attached hydrogens (tertiary/aromatic N) is 2. The lowest BCUT2D eigenvalue weighted by molar-refractivity contribution is -0.137. The molecule has 4 nitrogen and oxygen atoms in total. The molecule has 0 bridgehead atoms. The average molecular weight is 382 g/mol. The smallest absolute Gasteiger partial charge is 0.325 e. The van der Waals surface area contributed by atoms with Gasteiger partial charge in [-0.1, -0.05) is 30.7 Å². The van der Waals surface area contributed by atoms with Crippen molar-refractivity contribution in [2.45, 2.75) is 26.1 Å². The number of aromatic nitrogens is 2. The van der Waals surface area contributed by atoms with Crippen molar-refractivity contribution in [3.63, 3.8) is 0 Å². The minimum atomic E-state index is -4.59. The summed E-state index contributed by atoms with van der Waals surface area (Å²) in [6.45, 7) is 1.87. The number of carbonyl (C=O) groups is 1. The zero-order valence-corrected chi connectivity index (χ0v) is 14.5. The van der Waals surface area contributed by atoms with Crippen LogP contribution in [-0.4, -0.2) is 15.5 Å². The highest BCUT2D eigenvalue weighted by Crippen LogP contribution is 2.36. The number of imidazole rings is 1. The molecule has 2 aromatic carbocycles. The molecule has 0 aliphatic rings. The molecule has 0 saturated carbocycles. The number of nitrogens with one attached hydrogen (secondary N) is 1. The lowest BCUT2D eigenvalue weighted by atomic mass is 10.2. The molecule has 3 aromatic rings. The highest BCUT2D eigenvalue weighted by atomic mass is 35.5. The van der Waals surface area contributed by atoms with Crippen LogP contribution in [0.3, 0.4) is 0 Å². The van der Waals surface area contributed by atoms with Crippen LogP contribution in [0.25, 0.3) is 11.0 Å². The van der Waals surface area contributed by atoms with Gasteiger partial charge in [0.2, 0.25) is 5.91 Å². The number of benzene rings is 2. The number of fused-ring (bicyclic) bond motifs is 1. The van der Waals surface area contributed by atoms with Crippen LogP contribution < -0.4 is 5.32 Å². The number of alkyl halides is 3. The molecule has 0 radical (unpaired) electrons. The van der Waals surface area contributed by atoms with Crippen molar-refractivity contribution < 1.29 is 18.0 Å². The average Bonchev–Trinajstić information content (AvgIpc) is 2.93. The van der Waals surface area contributed by atoms with Crippen LogP contribution in [0, 0.1) is 0 Å². The predicted octanol–water partition coefficient (Wildman–Crippen LogP) is 4.91. The largest absolute Gasteiger partial charge is 0.417 e. The number of amides is 1. The van der Waals surface area contributed by atoms with E-state index in [2.05, 4.69) is 10.3 Å². The molecule has 1 aromatic heterocycles. The Bertz CT molecular complexity index is 966. The van der Waals surface area contributed by atoms with Gasteiger partial charge in [0.1, 0.15) is 12.4 Å². The highest BCUT2D eigenvalue weighted by Gasteiger charge is 2.33. The Morgan fingerprint density at radius 1 is 1.23 bits per heavy atom. The molecule has 0 atom stereocenters. The molecule has 1 N–H and O–H groups in total. The molecular formula is C18H15ClF3N3O. The molecule has 1 amide bonds. The Labute approximate surface area is 152 Å². The number of anilines is 1. The third kappa shape index (κ3) is 3.67. The maximum Gasteiger partial charge on any atom is 0.417 e. The lowest BCUT2D eigenvalue weighted by Crippen LogP contribution is -2.20. The van der Waals surface area contributed by atoms with Crippen LogP contribution in [-0.2, 0) is 23.9 Å². The second-order valence-electron chi connectivity index (χ2n) is 5.70. The maximum atomic E-state index is 12.9. The number of hydrogen-bond donors (Lipinski definition) is 1. The van der Waals surface area contributed by atoms with E-state index in [0.717, 1.165) is 29.0 Å². The van der Waals surface area contributed by atoms with Gasteiger partial charge < -0.3 is 9.88 Å². The van der Waals surface area contributed by atoms with Crippen molar-refractivity contribution in [1.29, 1.82) is 0 Å². The van der Waals surface area contributed by atoms with Crippen LogP contribution >= 0.6 is 11.6 Å². The molecule has 3 rings (SSSR count). The fraction of sp³-hybridized carbons (Fsp3) is 0.222. The van der Waals surface area contributed by atoms with Gasteiger partial charge in [-0.3, -0.25) is 4.79 Å². The second-order valence-corrected chi connectivity index (χ2v) is 6.10. The number of aryl methyl sites for hydroxylation is 1. The molecule has 0 saturated heterocycles. The van der Waals surface area contributed by atoms with Gasteiger partial charge in [-0.05, 0) is 30.3 Å². The Hall–Kier alpha value is -2.54. The molecule has 8 heteroatoms. The molecule has 136 valence electrons. The first-order valence-electron chi connectivity index (χ1n) is 7.90. The summed E-state index contributed by atoms with van der Waals surface area (Å²) in [5, 5.41) is 2.08. The van der Waals surface area contributed by atoms with Gasteiger partial charge in [0.05, 0.1) is 21.6 Å². The van der Waals surface area contributed by atoms with E-state index in [1.165, 1.54) is 6.07 Å². The highest BCUT2D eigenvalue weighted by molar-refractivity contribution is 6.31. The number of para-hydroxylation sites is 2. The summed E-state index contributed by atoms with van der Waals surface area (Å²) in [5.41, 5.74) is 0.614. The summed E-state index contributed by atoms with van der Waals surface area (Å²) in [6, 6.07) is 10.7. The Morgan fingerprint density at radius 2 is 1.96 bits per heavy atom. The van der Waals surface area contributed by atoms with Gasteiger partial charge in [-0.15, -0.1) is 0 Å². The quantitative estimate of drug-likeness (QED) is 0.698. The second kappa shape index (κ2) is 6.99. The Morgan fingerprint density at radius 3 is 2.65 bits per heavy atom. The van der Waals surface area contributed by atoms with Crippen LogP contribution in [0.5, 0.6) is 0 Å². The maximum absolute atomic E-state index is 12.9. The van der Waals surface area contributed by atoms with E-state index in [1.807, 2.05) is 31.2 Å². The molecule has 1 heterocycles. The third-order valence-corrected chi connectivity index (χ3v) is 4.24. The summed E-state index contributed by atoms with van der Waals surface area (Å²) >= 11 is 5.59. The minimum Gasteiger partial charge on any atom is -0.325 e. The van der Waals surface area contributed by atoms with Gasteiger partial charge in [-0.25, -0.2) is 4.98 Å². The molecule has 26 heavy (non-hydrogen) atoms. The van der Waals surface area contributed by atoms with E-state index >= 15 is 0 Å². The Kier molecular flexibility index (Phi) is 4.91. The van der Waals surface area contributed by atoms with E-state index in [0.29, 0.717) is 6.42 Å². The first-order chi connectivity index (χ1) is 12.3. The number of halogens is 4. The van der Waals surface area contributed by atoms with Crippen molar-refractivity contribution in [3.8, 4) is 0 Å². The van der Waals surface area contributed by atoms with Crippen molar-refractivity contribution in [1.82, 2.24) is 9.55 Å². The summed E-state index contributed by atoms with van der Waals surface area (Å²) in [7, 11) is 0. The van der Waals surface area contributed by atoms with Crippen molar-refractivity contribution >= 4 is 34.2 Å². The number of hydrogen-bond acceptors (Lipinski definition) is 2. The fourth-order valence-corrected chi connectivity index (χ4v) is 2.96. The topological polar surface area (TPSA) is 46.9 Å². The van der Waals surface area contributed by atoms with Gasteiger partial charge in [0.15, 0.2) is 0 Å². The molecule has 0 unspecified atom stereocenters. The normalized spacial score (nSPS) is 11.7. The molecule has 0 aliphatic heterocycles. The van der Waals surface area contributed by atoms with Crippen LogP contribution in [0.4, 0.5) is 18.9 Å². The first kappa shape index (κ1) is 18.3. The van der Waals surface area contributed by atoms with Crippen molar-refractivity contribution in [2.75, 3.05) is 5.32 Å². The van der Waals surface area contributed by atoms with Crippen LogP contribution in [0.15, 0.2) is 42.5 Å². The van der Waals surface area contributed by atoms with E-state index in [1.54, 1.807) is 4.57 Å². The van der Waals surface area contributed by atoms with E-state index < -0.39 is 22.7 Å². The minimum absolute atomic E-state index is 0.0363. The van der Waals surface area contributed by atoms with E-state index in [9.17, 15) is 18.0 Å². The van der Waals surface area contributed by atoms with E-state index in [4.69, 9.17) is 11.6 Å². The lowest BCUT2D eigenvalue weighted by Gasteiger charge is -2.13. The SMILES string of the molecule is CCc1nc2ccccc2n1CC(=O)Nc1ccc(Cl)c(C(F)(F)F)c1. The number of carbonyl (C=O) groups excluding carboxylic acids is 1. The zero-order valence-electron chi connectivity index (χ0n) is 13.8. The predicted molar refractivity (Wildman–Crippen MR) is 94.2 cm³/mol. The fourth-order valence-electron chi connectivity index (χ4n) is 2.74. The molecular weight excluding hydrogens is 367 g/mol. The molecule has 0 fully saturated rings.